The van der Waals surface area contributed by atoms with E-state index in [1.54, 1.807) is 0 Å². The van der Waals surface area contributed by atoms with E-state index in [1.807, 2.05) is 14.1 Å². The lowest BCUT2D eigenvalue weighted by Gasteiger charge is -2.62. The fourth-order valence-corrected chi connectivity index (χ4v) is 10.7. The zero-order valence-electron chi connectivity index (χ0n) is 26.7. The second kappa shape index (κ2) is 13.3. The fraction of sp³-hybridized carbons (Fsp3) is 0.969. The third-order valence-corrected chi connectivity index (χ3v) is 13.4. The molecule has 0 saturated heterocycles. The predicted molar refractivity (Wildman–Crippen MR) is 161 cm³/mol. The lowest BCUT2D eigenvalue weighted by molar-refractivity contribution is -0.890. The molecule has 10 atom stereocenters. The van der Waals surface area contributed by atoms with Gasteiger partial charge >= 0.3 is 5.97 Å². The Labute approximate surface area is 254 Å². The molecule has 4 aliphatic carbocycles. The Morgan fingerprint density at radius 1 is 1.02 bits per heavy atom. The van der Waals surface area contributed by atoms with Crippen molar-refractivity contribution in [2.45, 2.75) is 110 Å². The summed E-state index contributed by atoms with van der Waals surface area (Å²) in [4.78, 5) is 17.8. The molecule has 0 spiro atoms. The van der Waals surface area contributed by atoms with Crippen molar-refractivity contribution in [2.75, 3.05) is 39.5 Å². The van der Waals surface area contributed by atoms with Crippen LogP contribution in [0.2, 0.25) is 0 Å². The summed E-state index contributed by atoms with van der Waals surface area (Å²) in [5, 5.41) is 21.8. The van der Waals surface area contributed by atoms with E-state index in [2.05, 4.69) is 26.3 Å². The van der Waals surface area contributed by atoms with Gasteiger partial charge in [-0.05, 0) is 104 Å². The molecule has 0 aromatic rings. The van der Waals surface area contributed by atoms with Gasteiger partial charge in [-0.2, -0.15) is 5.48 Å². The van der Waals surface area contributed by atoms with E-state index in [9.17, 15) is 28.0 Å². The van der Waals surface area contributed by atoms with Crippen molar-refractivity contribution in [2.24, 2.45) is 46.3 Å². The summed E-state index contributed by atoms with van der Waals surface area (Å²) in [5.74, 6) is 2.25. The average Bonchev–Trinajstić information content (AvgIpc) is 3.24. The summed E-state index contributed by atoms with van der Waals surface area (Å²) < 4.78 is 33.0. The zero-order valence-corrected chi connectivity index (χ0v) is 27.5. The molecule has 0 bridgehead atoms. The highest BCUT2D eigenvalue weighted by atomic mass is 32.2. The maximum absolute atomic E-state index is 12.5. The number of nitrogens with one attached hydrogen (secondary N) is 1. The minimum atomic E-state index is -4.17. The Bertz CT molecular complexity index is 1040. The van der Waals surface area contributed by atoms with E-state index in [4.69, 9.17) is 4.84 Å². The Hall–Kier alpha value is -0.780. The van der Waals surface area contributed by atoms with Crippen LogP contribution in [0.15, 0.2) is 0 Å². The second-order valence-electron chi connectivity index (χ2n) is 15.7. The number of aliphatic hydroxyl groups excluding tert-OH is 2. The standard InChI is InChI=1S/C32H58N2O7S/c1-22(8-11-29(37)41-33-16-6-17-34(4,5)18-7-19-42(38,39)40)25-9-10-26-30-27(13-15-32(25,26)3)31(2)14-12-24(35)20-23(31)21-28(30)36/h22-28,30,33,35-36H,6-21H2,1-5H3/t22-,23+,24-,25-,26?,27?,28-,30?,31+,32-/m1/s1. The molecule has 0 aromatic heterocycles. The maximum atomic E-state index is 12.5. The quantitative estimate of drug-likeness (QED) is 0.123. The van der Waals surface area contributed by atoms with Crippen molar-refractivity contribution in [3.8, 4) is 0 Å². The first-order chi connectivity index (χ1) is 19.6. The zero-order chi connectivity index (χ0) is 30.9. The first-order valence-electron chi connectivity index (χ1n) is 16.6. The van der Waals surface area contributed by atoms with Crippen molar-refractivity contribution in [1.82, 2.24) is 5.48 Å². The van der Waals surface area contributed by atoms with Gasteiger partial charge in [0.25, 0.3) is 0 Å². The number of hydrogen-bond donors (Lipinski definition) is 3. The predicted octanol–water partition coefficient (Wildman–Crippen LogP) is 3.84. The van der Waals surface area contributed by atoms with Gasteiger partial charge in [0.05, 0.1) is 49.5 Å². The number of carbonyl (C=O) groups excluding carboxylic acids is 1. The Balaban J connectivity index is 1.20. The number of rotatable bonds is 13. The summed E-state index contributed by atoms with van der Waals surface area (Å²) in [6.45, 7) is 9.11. The number of fused-ring (bicyclic) bond motifs is 5. The molecule has 10 heteroatoms. The van der Waals surface area contributed by atoms with Gasteiger partial charge in [-0.15, -0.1) is 0 Å². The smallest absolute Gasteiger partial charge is 0.324 e. The van der Waals surface area contributed by atoms with Crippen molar-refractivity contribution >= 4 is 16.1 Å². The van der Waals surface area contributed by atoms with Gasteiger partial charge in [0, 0.05) is 31.6 Å². The number of aliphatic hydroxyl groups is 2. The van der Waals surface area contributed by atoms with Crippen LogP contribution >= 0.6 is 0 Å². The van der Waals surface area contributed by atoms with Gasteiger partial charge in [0.15, 0.2) is 0 Å². The molecule has 0 aromatic carbocycles. The van der Waals surface area contributed by atoms with Gasteiger partial charge in [-0.3, -0.25) is 4.79 Å². The number of hydrogen-bond acceptors (Lipinski definition) is 8. The molecule has 3 N–H and O–H groups in total. The Morgan fingerprint density at radius 3 is 2.40 bits per heavy atom. The molecular formula is C32H58N2O7S. The van der Waals surface area contributed by atoms with Crippen LogP contribution in [-0.2, 0) is 19.8 Å². The second-order valence-corrected chi connectivity index (χ2v) is 17.2. The van der Waals surface area contributed by atoms with Crippen LogP contribution in [0.25, 0.3) is 0 Å². The summed E-state index contributed by atoms with van der Waals surface area (Å²) in [5.41, 5.74) is 3.24. The molecule has 4 rings (SSSR count). The minimum Gasteiger partial charge on any atom is -0.748 e. The van der Waals surface area contributed by atoms with Gasteiger partial charge < -0.3 is 24.1 Å². The van der Waals surface area contributed by atoms with Crippen LogP contribution in [0.3, 0.4) is 0 Å². The molecule has 0 amide bonds. The van der Waals surface area contributed by atoms with Gasteiger partial charge in [-0.25, -0.2) is 8.42 Å². The Kier molecular flexibility index (Phi) is 10.8. The first-order valence-corrected chi connectivity index (χ1v) is 18.2. The molecule has 4 aliphatic rings. The van der Waals surface area contributed by atoms with Gasteiger partial charge in [0.1, 0.15) is 0 Å². The lowest BCUT2D eigenvalue weighted by atomic mass is 9.43. The number of quaternary nitrogens is 1. The summed E-state index contributed by atoms with van der Waals surface area (Å²) in [6, 6.07) is 0. The largest absolute Gasteiger partial charge is 0.748 e. The summed E-state index contributed by atoms with van der Waals surface area (Å²) in [7, 11) is -0.177. The molecule has 4 saturated carbocycles. The molecule has 42 heavy (non-hydrogen) atoms. The molecule has 4 fully saturated rings. The topological polar surface area (TPSA) is 136 Å². The van der Waals surface area contributed by atoms with Crippen LogP contribution in [-0.4, -0.2) is 85.3 Å². The lowest BCUT2D eigenvalue weighted by Crippen LogP contribution is -2.58. The molecule has 9 nitrogen and oxygen atoms in total. The van der Waals surface area contributed by atoms with Crippen molar-refractivity contribution in [3.05, 3.63) is 0 Å². The van der Waals surface area contributed by atoms with Crippen LogP contribution in [0.5, 0.6) is 0 Å². The van der Waals surface area contributed by atoms with Crippen LogP contribution in [0.4, 0.5) is 0 Å². The maximum Gasteiger partial charge on any atom is 0.324 e. The highest BCUT2D eigenvalue weighted by molar-refractivity contribution is 7.85. The van der Waals surface area contributed by atoms with E-state index in [0.29, 0.717) is 65.9 Å². The monoisotopic (exact) mass is 614 g/mol. The summed E-state index contributed by atoms with van der Waals surface area (Å²) in [6.07, 6.45) is 10.2. The highest BCUT2D eigenvalue weighted by Crippen LogP contribution is 2.68. The molecular weight excluding hydrogens is 556 g/mol. The van der Waals surface area contributed by atoms with Crippen LogP contribution < -0.4 is 5.48 Å². The fourth-order valence-electron chi connectivity index (χ4n) is 10.3. The molecule has 0 radical (unpaired) electrons. The van der Waals surface area contributed by atoms with Gasteiger partial charge in [-0.1, -0.05) is 20.8 Å². The molecule has 0 heterocycles. The molecule has 244 valence electrons. The van der Waals surface area contributed by atoms with Crippen molar-refractivity contribution < 1.29 is 37.3 Å². The third kappa shape index (κ3) is 7.71. The van der Waals surface area contributed by atoms with Crippen molar-refractivity contribution in [1.29, 1.82) is 0 Å². The Morgan fingerprint density at radius 2 is 1.69 bits per heavy atom. The SMILES string of the molecule is C[C@H](CCC(=O)ONCCC[N+](C)(C)CCCS(=O)(=O)[O-])[C@H]1CCC2C3C(CC[C@@]21C)[C@@]1(C)CC[C@@H](O)C[C@H]1C[C@H]3O. The van der Waals surface area contributed by atoms with E-state index < -0.39 is 10.1 Å². The third-order valence-electron chi connectivity index (χ3n) is 12.6. The number of nitrogens with zero attached hydrogens (tertiary/aromatic N) is 1. The normalized spacial score (nSPS) is 39.2. The first kappa shape index (κ1) is 34.1. The minimum absolute atomic E-state index is 0.198. The highest BCUT2D eigenvalue weighted by Gasteiger charge is 2.62. The van der Waals surface area contributed by atoms with Crippen LogP contribution in [0, 0.1) is 46.3 Å². The number of hydroxylamine groups is 1. The van der Waals surface area contributed by atoms with E-state index in [1.165, 1.54) is 25.7 Å². The van der Waals surface area contributed by atoms with Crippen molar-refractivity contribution in [3.63, 3.8) is 0 Å². The average molecular weight is 615 g/mol. The summed E-state index contributed by atoms with van der Waals surface area (Å²) >= 11 is 0. The van der Waals surface area contributed by atoms with E-state index in [0.717, 1.165) is 45.1 Å². The molecule has 0 aliphatic heterocycles. The number of carbonyl (C=O) groups is 1. The van der Waals surface area contributed by atoms with E-state index >= 15 is 0 Å². The van der Waals surface area contributed by atoms with Crippen LogP contribution in [0.1, 0.15) is 97.8 Å². The van der Waals surface area contributed by atoms with Gasteiger partial charge in [0.2, 0.25) is 0 Å². The van der Waals surface area contributed by atoms with E-state index in [-0.39, 0.29) is 34.8 Å². The molecule has 3 unspecified atom stereocenters.